The lowest BCUT2D eigenvalue weighted by molar-refractivity contribution is -0.129. The first-order valence-corrected chi connectivity index (χ1v) is 12.4. The summed E-state index contributed by atoms with van der Waals surface area (Å²) in [7, 11) is 0. The molecule has 34 heavy (non-hydrogen) atoms. The van der Waals surface area contributed by atoms with Crippen LogP contribution in [0.4, 0.5) is 17.3 Å². The molecule has 0 aliphatic carbocycles. The molecular weight excluding hydrogens is 430 g/mol. The first-order valence-electron chi connectivity index (χ1n) is 12.4. The van der Waals surface area contributed by atoms with Crippen LogP contribution in [0, 0.1) is 0 Å². The number of hydrogen-bond donors (Lipinski definition) is 3. The van der Waals surface area contributed by atoms with Crippen molar-refractivity contribution < 1.29 is 9.59 Å². The topological polar surface area (TPSA) is 116 Å². The summed E-state index contributed by atoms with van der Waals surface area (Å²) >= 11 is 0. The van der Waals surface area contributed by atoms with E-state index in [4.69, 9.17) is 10.7 Å². The Morgan fingerprint density at radius 2 is 1.88 bits per heavy atom. The Bertz CT molecular complexity index is 1040. The minimum absolute atomic E-state index is 0.120. The van der Waals surface area contributed by atoms with E-state index in [1.165, 1.54) is 5.56 Å². The molecule has 9 heteroatoms. The number of amides is 2. The monoisotopic (exact) mass is 463 g/mol. The molecule has 0 radical (unpaired) electrons. The van der Waals surface area contributed by atoms with Crippen molar-refractivity contribution in [3.8, 4) is 0 Å². The van der Waals surface area contributed by atoms with Gasteiger partial charge in [-0.15, -0.1) is 0 Å². The van der Waals surface area contributed by atoms with E-state index < -0.39 is 5.91 Å². The third-order valence-corrected chi connectivity index (χ3v) is 7.25. The predicted molar refractivity (Wildman–Crippen MR) is 131 cm³/mol. The van der Waals surface area contributed by atoms with E-state index in [2.05, 4.69) is 32.7 Å². The van der Waals surface area contributed by atoms with Crippen molar-refractivity contribution in [2.45, 2.75) is 50.5 Å². The average Bonchev–Trinajstić information content (AvgIpc) is 3.31. The molecule has 9 nitrogen and oxygen atoms in total. The van der Waals surface area contributed by atoms with Gasteiger partial charge in [-0.25, -0.2) is 9.97 Å². The van der Waals surface area contributed by atoms with Gasteiger partial charge in [0.1, 0.15) is 5.82 Å². The smallest absolute Gasteiger partial charge is 0.271 e. The number of aromatic nitrogens is 2. The number of carbonyl (C=O) groups is 2. The summed E-state index contributed by atoms with van der Waals surface area (Å²) in [6.07, 6.45) is 7.47. The van der Waals surface area contributed by atoms with Crippen LogP contribution >= 0.6 is 0 Å². The summed E-state index contributed by atoms with van der Waals surface area (Å²) in [5, 5.41) is 6.66. The molecule has 4 N–H and O–H groups in total. The van der Waals surface area contributed by atoms with Crippen molar-refractivity contribution in [3.63, 3.8) is 0 Å². The van der Waals surface area contributed by atoms with Crippen molar-refractivity contribution in [2.24, 2.45) is 5.73 Å². The second-order valence-corrected chi connectivity index (χ2v) is 9.49. The van der Waals surface area contributed by atoms with Crippen molar-refractivity contribution >= 4 is 29.1 Å². The van der Waals surface area contributed by atoms with Crippen LogP contribution in [-0.4, -0.2) is 65.4 Å². The second-order valence-electron chi connectivity index (χ2n) is 9.49. The van der Waals surface area contributed by atoms with E-state index in [-0.39, 0.29) is 17.6 Å². The standard InChI is InChI=1S/C25H33N7O2/c26-24(34)23-25(29-19-7-5-17(6-8-19)18-9-11-27-12-10-18)30-21(15-28-23)31-13-1-3-20(16-31)32-14-2-4-22(32)33/h5-8,15,18,20,27H,1-4,9-14,16H2,(H2,26,34)(H,29,30)/t20-/m1/s1. The summed E-state index contributed by atoms with van der Waals surface area (Å²) in [5.41, 5.74) is 7.88. The third kappa shape index (κ3) is 4.84. The Labute approximate surface area is 200 Å². The highest BCUT2D eigenvalue weighted by Crippen LogP contribution is 2.29. The second kappa shape index (κ2) is 9.97. The molecule has 0 saturated carbocycles. The minimum Gasteiger partial charge on any atom is -0.364 e. The van der Waals surface area contributed by atoms with Gasteiger partial charge >= 0.3 is 0 Å². The lowest BCUT2D eigenvalue weighted by Crippen LogP contribution is -2.48. The summed E-state index contributed by atoms with van der Waals surface area (Å²) in [4.78, 5) is 37.5. The van der Waals surface area contributed by atoms with Crippen LogP contribution in [0.2, 0.25) is 0 Å². The fraction of sp³-hybridized carbons (Fsp3) is 0.520. The van der Waals surface area contributed by atoms with Crippen LogP contribution in [0.5, 0.6) is 0 Å². The molecule has 3 saturated heterocycles. The van der Waals surface area contributed by atoms with Crippen molar-refractivity contribution in [3.05, 3.63) is 41.7 Å². The van der Waals surface area contributed by atoms with Crippen LogP contribution in [0.25, 0.3) is 0 Å². The van der Waals surface area contributed by atoms with E-state index in [1.54, 1.807) is 6.20 Å². The predicted octanol–water partition coefficient (Wildman–Crippen LogP) is 2.38. The number of nitrogens with two attached hydrogens (primary N) is 1. The maximum Gasteiger partial charge on any atom is 0.271 e. The first kappa shape index (κ1) is 22.6. The Morgan fingerprint density at radius 1 is 1.09 bits per heavy atom. The lowest BCUT2D eigenvalue weighted by atomic mass is 9.90. The molecule has 4 heterocycles. The molecule has 0 unspecified atom stereocenters. The third-order valence-electron chi connectivity index (χ3n) is 7.25. The van der Waals surface area contributed by atoms with Gasteiger partial charge in [0.25, 0.3) is 5.91 Å². The van der Waals surface area contributed by atoms with Gasteiger partial charge in [0.15, 0.2) is 11.5 Å². The van der Waals surface area contributed by atoms with Crippen LogP contribution < -0.4 is 21.3 Å². The number of carbonyl (C=O) groups excluding carboxylic acids is 2. The van der Waals surface area contributed by atoms with Crippen molar-refractivity contribution in [2.75, 3.05) is 42.9 Å². The summed E-state index contributed by atoms with van der Waals surface area (Å²) in [6.45, 7) is 4.51. The molecule has 2 aromatic rings. The molecule has 1 aromatic carbocycles. The number of hydrogen-bond acceptors (Lipinski definition) is 7. The fourth-order valence-corrected chi connectivity index (χ4v) is 5.40. The number of anilines is 3. The van der Waals surface area contributed by atoms with Gasteiger partial charge in [-0.1, -0.05) is 12.1 Å². The first-order chi connectivity index (χ1) is 16.6. The minimum atomic E-state index is -0.618. The molecule has 5 rings (SSSR count). The highest BCUT2D eigenvalue weighted by molar-refractivity contribution is 5.96. The summed E-state index contributed by atoms with van der Waals surface area (Å²) < 4.78 is 0. The van der Waals surface area contributed by atoms with E-state index in [9.17, 15) is 9.59 Å². The van der Waals surface area contributed by atoms with E-state index in [0.717, 1.165) is 70.5 Å². The summed E-state index contributed by atoms with van der Waals surface area (Å²) in [6, 6.07) is 8.52. The maximum atomic E-state index is 12.2. The van der Waals surface area contributed by atoms with E-state index >= 15 is 0 Å². The Balaban J connectivity index is 1.33. The lowest BCUT2D eigenvalue weighted by Gasteiger charge is -2.38. The Kier molecular flexibility index (Phi) is 6.62. The van der Waals surface area contributed by atoms with Gasteiger partial charge in [-0.3, -0.25) is 9.59 Å². The average molecular weight is 464 g/mol. The zero-order chi connectivity index (χ0) is 23.5. The Hall–Kier alpha value is -3.20. The van der Waals surface area contributed by atoms with Gasteiger partial charge < -0.3 is 26.2 Å². The van der Waals surface area contributed by atoms with Crippen LogP contribution in [0.3, 0.4) is 0 Å². The molecular formula is C25H33N7O2. The number of likely N-dealkylation sites (tertiary alicyclic amines) is 1. The van der Waals surface area contributed by atoms with E-state index in [1.807, 2.05) is 17.0 Å². The van der Waals surface area contributed by atoms with E-state index in [0.29, 0.717) is 24.0 Å². The highest BCUT2D eigenvalue weighted by Gasteiger charge is 2.32. The quantitative estimate of drug-likeness (QED) is 0.602. The largest absolute Gasteiger partial charge is 0.364 e. The number of piperidine rings is 2. The van der Waals surface area contributed by atoms with Crippen LogP contribution in [0.1, 0.15) is 60.5 Å². The molecule has 1 atom stereocenters. The van der Waals surface area contributed by atoms with Crippen molar-refractivity contribution in [1.29, 1.82) is 0 Å². The fourth-order valence-electron chi connectivity index (χ4n) is 5.40. The number of rotatable bonds is 6. The summed E-state index contributed by atoms with van der Waals surface area (Å²) in [5.74, 6) is 1.26. The molecule has 180 valence electrons. The number of nitrogens with zero attached hydrogens (tertiary/aromatic N) is 4. The normalized spacial score (nSPS) is 21.6. The zero-order valence-electron chi connectivity index (χ0n) is 19.5. The molecule has 3 aliphatic heterocycles. The van der Waals surface area contributed by atoms with Gasteiger partial charge in [-0.05, 0) is 68.8 Å². The van der Waals surface area contributed by atoms with Crippen LogP contribution in [0.15, 0.2) is 30.5 Å². The zero-order valence-corrected chi connectivity index (χ0v) is 19.5. The van der Waals surface area contributed by atoms with Crippen molar-refractivity contribution in [1.82, 2.24) is 20.2 Å². The maximum absolute atomic E-state index is 12.2. The van der Waals surface area contributed by atoms with Gasteiger partial charge in [-0.2, -0.15) is 0 Å². The van der Waals surface area contributed by atoms with Crippen LogP contribution in [-0.2, 0) is 4.79 Å². The molecule has 1 aromatic heterocycles. The van der Waals surface area contributed by atoms with Gasteiger partial charge in [0, 0.05) is 37.8 Å². The molecule has 2 amide bonds. The highest BCUT2D eigenvalue weighted by atomic mass is 16.2. The molecule has 0 bridgehead atoms. The number of benzene rings is 1. The molecule has 3 aliphatic rings. The number of nitrogens with one attached hydrogen (secondary N) is 2. The molecule has 0 spiro atoms. The number of primary amides is 1. The Morgan fingerprint density at radius 3 is 2.59 bits per heavy atom. The molecule has 3 fully saturated rings. The SMILES string of the molecule is NC(=O)c1ncc(N2CCC[C@@H](N3CCCC3=O)C2)nc1Nc1ccc(C2CCNCC2)cc1. The van der Waals surface area contributed by atoms with Gasteiger partial charge in [0.2, 0.25) is 5.91 Å². The van der Waals surface area contributed by atoms with Gasteiger partial charge in [0.05, 0.1) is 6.20 Å².